The molecule has 1 fully saturated rings. The van der Waals surface area contributed by atoms with Gasteiger partial charge in [0, 0.05) is 5.92 Å². The number of rotatable bonds is 5. The van der Waals surface area contributed by atoms with E-state index < -0.39 is 29.0 Å². The van der Waals surface area contributed by atoms with Gasteiger partial charge in [0.2, 0.25) is 11.8 Å². The molecule has 2 amide bonds. The van der Waals surface area contributed by atoms with Gasteiger partial charge in [0.25, 0.3) is 0 Å². The first-order chi connectivity index (χ1) is 10.9. The number of nitrogens with two attached hydrogens (primary N) is 1. The van der Waals surface area contributed by atoms with Crippen LogP contribution in [0, 0.1) is 29.3 Å². The molecule has 1 aliphatic rings. The molecule has 0 aromatic heterocycles. The van der Waals surface area contributed by atoms with Crippen LogP contribution in [-0.4, -0.2) is 24.9 Å². The third kappa shape index (κ3) is 4.61. The lowest BCUT2D eigenvalue weighted by atomic mass is 9.95. The van der Waals surface area contributed by atoms with Crippen molar-refractivity contribution in [1.82, 2.24) is 5.32 Å². The van der Waals surface area contributed by atoms with E-state index in [2.05, 4.69) is 10.6 Å². The van der Waals surface area contributed by atoms with Crippen LogP contribution in [0.4, 0.5) is 18.9 Å². The largest absolute Gasteiger partial charge is 0.347 e. The molecule has 0 bridgehead atoms. The molecule has 0 saturated heterocycles. The average Bonchev–Trinajstić information content (AvgIpc) is 3.02. The Bertz CT molecular complexity index is 616. The Morgan fingerprint density at radius 2 is 1.88 bits per heavy atom. The molecule has 0 aliphatic heterocycles. The Labute approximate surface area is 143 Å². The van der Waals surface area contributed by atoms with Crippen molar-refractivity contribution in [3.05, 3.63) is 29.6 Å². The van der Waals surface area contributed by atoms with Gasteiger partial charge in [0.15, 0.2) is 17.5 Å². The van der Waals surface area contributed by atoms with E-state index in [0.717, 1.165) is 18.9 Å². The molecule has 1 aromatic rings. The fourth-order valence-electron chi connectivity index (χ4n) is 2.78. The molecule has 2 rings (SSSR count). The summed E-state index contributed by atoms with van der Waals surface area (Å²) < 4.78 is 39.3. The van der Waals surface area contributed by atoms with Gasteiger partial charge in [-0.2, -0.15) is 0 Å². The van der Waals surface area contributed by atoms with Crippen LogP contribution in [0.15, 0.2) is 12.1 Å². The second-order valence-electron chi connectivity index (χ2n) is 5.52. The number of amides is 2. The van der Waals surface area contributed by atoms with Crippen LogP contribution in [0.5, 0.6) is 0 Å². The minimum absolute atomic E-state index is 0. The fraction of sp³-hybridized carbons (Fsp3) is 0.467. The summed E-state index contributed by atoms with van der Waals surface area (Å²) in [4.78, 5) is 23.7. The van der Waals surface area contributed by atoms with E-state index >= 15 is 0 Å². The van der Waals surface area contributed by atoms with Gasteiger partial charge in [0.1, 0.15) is 0 Å². The van der Waals surface area contributed by atoms with E-state index in [9.17, 15) is 22.8 Å². The highest BCUT2D eigenvalue weighted by atomic mass is 35.5. The zero-order chi connectivity index (χ0) is 17.0. The summed E-state index contributed by atoms with van der Waals surface area (Å²) >= 11 is 0. The number of anilines is 1. The molecule has 0 radical (unpaired) electrons. The van der Waals surface area contributed by atoms with Gasteiger partial charge in [-0.3, -0.25) is 9.59 Å². The van der Waals surface area contributed by atoms with E-state index in [0.29, 0.717) is 19.0 Å². The number of carbonyl (C=O) groups is 2. The molecule has 134 valence electrons. The molecule has 5 nitrogen and oxygen atoms in total. The van der Waals surface area contributed by atoms with Gasteiger partial charge >= 0.3 is 0 Å². The summed E-state index contributed by atoms with van der Waals surface area (Å²) in [6.45, 7) is 0.0232. The van der Waals surface area contributed by atoms with Crippen molar-refractivity contribution in [2.45, 2.75) is 19.3 Å². The molecule has 4 N–H and O–H groups in total. The van der Waals surface area contributed by atoms with Crippen molar-refractivity contribution in [1.29, 1.82) is 0 Å². The second kappa shape index (κ2) is 8.89. The number of carbonyl (C=O) groups excluding carboxylic acids is 2. The van der Waals surface area contributed by atoms with Gasteiger partial charge in [0.05, 0.1) is 12.2 Å². The molecule has 9 heteroatoms. The third-order valence-electron chi connectivity index (χ3n) is 4.03. The third-order valence-corrected chi connectivity index (χ3v) is 4.03. The quantitative estimate of drug-likeness (QED) is 0.697. The van der Waals surface area contributed by atoms with Gasteiger partial charge in [-0.05, 0) is 37.4 Å². The predicted molar refractivity (Wildman–Crippen MR) is 85.1 cm³/mol. The second-order valence-corrected chi connectivity index (χ2v) is 5.52. The van der Waals surface area contributed by atoms with Crippen LogP contribution in [-0.2, 0) is 9.59 Å². The van der Waals surface area contributed by atoms with Crippen LogP contribution in [0.2, 0.25) is 0 Å². The normalized spacial score (nSPS) is 19.5. The summed E-state index contributed by atoms with van der Waals surface area (Å²) in [5.41, 5.74) is 5.11. The van der Waals surface area contributed by atoms with Crippen LogP contribution >= 0.6 is 12.4 Å². The Hall–Kier alpha value is -1.80. The SMILES string of the molecule is Cl.NC[C@H]1CCC[C@H]1C(=O)NCC(=O)Nc1ccc(F)c(F)c1F. The summed E-state index contributed by atoms with van der Waals surface area (Å²) in [7, 11) is 0. The maximum absolute atomic E-state index is 13.4. The first-order valence-corrected chi connectivity index (χ1v) is 7.35. The predicted octanol–water partition coefficient (Wildman–Crippen LogP) is 1.96. The Morgan fingerprint density at radius 1 is 1.17 bits per heavy atom. The van der Waals surface area contributed by atoms with Gasteiger partial charge < -0.3 is 16.4 Å². The average molecular weight is 366 g/mol. The van der Waals surface area contributed by atoms with Crippen LogP contribution in [0.25, 0.3) is 0 Å². The lowest BCUT2D eigenvalue weighted by Crippen LogP contribution is -2.39. The van der Waals surface area contributed by atoms with E-state index in [4.69, 9.17) is 5.73 Å². The number of hydrogen-bond donors (Lipinski definition) is 3. The number of benzene rings is 1. The van der Waals surface area contributed by atoms with Crippen molar-refractivity contribution in [2.24, 2.45) is 17.6 Å². The fourth-order valence-corrected chi connectivity index (χ4v) is 2.78. The zero-order valence-electron chi connectivity index (χ0n) is 12.8. The van der Waals surface area contributed by atoms with Gasteiger partial charge in [-0.1, -0.05) is 6.42 Å². The highest BCUT2D eigenvalue weighted by molar-refractivity contribution is 5.95. The number of halogens is 4. The first kappa shape index (κ1) is 20.2. The van der Waals surface area contributed by atoms with E-state index in [1.54, 1.807) is 0 Å². The van der Waals surface area contributed by atoms with Crippen LogP contribution in [0.3, 0.4) is 0 Å². The van der Waals surface area contributed by atoms with E-state index in [-0.39, 0.29) is 36.7 Å². The summed E-state index contributed by atoms with van der Waals surface area (Å²) in [5, 5.41) is 4.55. The molecule has 1 saturated carbocycles. The summed E-state index contributed by atoms with van der Waals surface area (Å²) in [5.74, 6) is -5.63. The molecular weight excluding hydrogens is 347 g/mol. The standard InChI is InChI=1S/C15H18F3N3O2.ClH/c16-10-4-5-11(14(18)13(10)17)21-12(22)7-20-15(23)9-3-1-2-8(9)6-19;/h4-5,8-9H,1-3,6-7,19H2,(H,20,23)(H,21,22);1H/t8-,9-;/m1./s1. The minimum Gasteiger partial charge on any atom is -0.347 e. The Kier molecular flexibility index (Phi) is 7.50. The van der Waals surface area contributed by atoms with E-state index in [1.807, 2.05) is 0 Å². The van der Waals surface area contributed by atoms with Crippen LogP contribution in [0.1, 0.15) is 19.3 Å². The van der Waals surface area contributed by atoms with Crippen molar-refractivity contribution in [2.75, 3.05) is 18.4 Å². The molecule has 2 atom stereocenters. The van der Waals surface area contributed by atoms with Crippen molar-refractivity contribution in [3.8, 4) is 0 Å². The lowest BCUT2D eigenvalue weighted by molar-refractivity contribution is -0.128. The van der Waals surface area contributed by atoms with Gasteiger partial charge in [-0.25, -0.2) is 13.2 Å². The maximum Gasteiger partial charge on any atom is 0.243 e. The maximum atomic E-state index is 13.4. The molecule has 1 aromatic carbocycles. The number of nitrogens with one attached hydrogen (secondary N) is 2. The van der Waals surface area contributed by atoms with Crippen molar-refractivity contribution in [3.63, 3.8) is 0 Å². The van der Waals surface area contributed by atoms with E-state index in [1.165, 1.54) is 0 Å². The molecular formula is C15H19ClF3N3O2. The van der Waals surface area contributed by atoms with Crippen molar-refractivity contribution >= 4 is 29.9 Å². The summed E-state index contributed by atoms with van der Waals surface area (Å²) in [6.07, 6.45) is 2.50. The first-order valence-electron chi connectivity index (χ1n) is 7.35. The lowest BCUT2D eigenvalue weighted by Gasteiger charge is -2.17. The monoisotopic (exact) mass is 365 g/mol. The van der Waals surface area contributed by atoms with Crippen LogP contribution < -0.4 is 16.4 Å². The summed E-state index contributed by atoms with van der Waals surface area (Å²) in [6, 6.07) is 1.62. The smallest absolute Gasteiger partial charge is 0.243 e. The highest BCUT2D eigenvalue weighted by Gasteiger charge is 2.31. The molecule has 24 heavy (non-hydrogen) atoms. The number of hydrogen-bond acceptors (Lipinski definition) is 3. The zero-order valence-corrected chi connectivity index (χ0v) is 13.6. The van der Waals surface area contributed by atoms with Gasteiger partial charge in [-0.15, -0.1) is 12.4 Å². The Balaban J connectivity index is 0.00000288. The molecule has 0 spiro atoms. The highest BCUT2D eigenvalue weighted by Crippen LogP contribution is 2.30. The Morgan fingerprint density at radius 3 is 2.54 bits per heavy atom. The van der Waals surface area contributed by atoms with Crippen molar-refractivity contribution < 1.29 is 22.8 Å². The molecule has 0 heterocycles. The molecule has 1 aliphatic carbocycles. The molecule has 0 unspecified atom stereocenters. The topological polar surface area (TPSA) is 84.2 Å². The minimum atomic E-state index is -1.66.